The van der Waals surface area contributed by atoms with E-state index in [1.165, 1.54) is 19.3 Å². The minimum atomic E-state index is -1.06. The van der Waals surface area contributed by atoms with E-state index in [4.69, 9.17) is 4.74 Å². The number of rotatable bonds is 9. The molecule has 3 N–H and O–H groups in total. The Morgan fingerprint density at radius 3 is 2.61 bits per heavy atom. The van der Waals surface area contributed by atoms with Crippen LogP contribution in [-0.4, -0.2) is 52.7 Å². The Morgan fingerprint density at radius 2 is 2.04 bits per heavy atom. The summed E-state index contributed by atoms with van der Waals surface area (Å²) in [6, 6.07) is 0. The summed E-state index contributed by atoms with van der Waals surface area (Å²) in [5.41, 5.74) is -0.395. The molecule has 1 aromatic heterocycles. The Hall–Kier alpha value is -0.870. The molecule has 1 aliphatic rings. The number of hydrogen-bond acceptors (Lipinski definition) is 4. The highest BCUT2D eigenvalue weighted by Crippen LogP contribution is 2.31. The predicted molar refractivity (Wildman–Crippen MR) is 124 cm³/mol. The van der Waals surface area contributed by atoms with Crippen molar-refractivity contribution >= 4 is 29.9 Å². The van der Waals surface area contributed by atoms with Gasteiger partial charge in [-0.25, -0.2) is 4.99 Å². The number of ether oxygens (including phenoxy) is 1. The van der Waals surface area contributed by atoms with E-state index in [2.05, 4.69) is 27.6 Å². The Morgan fingerprint density at radius 1 is 1.32 bits per heavy atom. The number of aliphatic imine (C=N–C) groups is 1. The highest BCUT2D eigenvalue weighted by Gasteiger charge is 2.33. The number of guanidine groups is 1. The van der Waals surface area contributed by atoms with Crippen LogP contribution in [0.4, 0.5) is 0 Å². The normalized spacial score (nSPS) is 18.8. The van der Waals surface area contributed by atoms with Crippen molar-refractivity contribution in [3.63, 3.8) is 0 Å². The van der Waals surface area contributed by atoms with Crippen molar-refractivity contribution in [2.24, 2.45) is 12.0 Å². The van der Waals surface area contributed by atoms with E-state index in [1.54, 1.807) is 17.8 Å². The molecule has 1 fully saturated rings. The van der Waals surface area contributed by atoms with Crippen LogP contribution in [0.1, 0.15) is 64.9 Å². The van der Waals surface area contributed by atoms with E-state index < -0.39 is 5.60 Å². The number of nitrogens with zero attached hydrogens (tertiary/aromatic N) is 3. The van der Waals surface area contributed by atoms with Gasteiger partial charge in [-0.05, 0) is 33.1 Å². The Kier molecular flexibility index (Phi) is 10.8. The first-order valence-corrected chi connectivity index (χ1v) is 10.3. The minimum absolute atomic E-state index is 0. The molecule has 0 amide bonds. The van der Waals surface area contributed by atoms with Gasteiger partial charge in [0.05, 0.1) is 18.3 Å². The van der Waals surface area contributed by atoms with Crippen LogP contribution in [0.3, 0.4) is 0 Å². The molecule has 0 spiro atoms. The molecular weight excluding hydrogens is 469 g/mol. The average Bonchev–Trinajstić information content (AvgIpc) is 3.11. The average molecular weight is 507 g/mol. The molecule has 162 valence electrons. The molecule has 0 aliphatic heterocycles. The molecular formula is C20H38IN5O2. The van der Waals surface area contributed by atoms with E-state index in [-0.39, 0.29) is 36.1 Å². The van der Waals surface area contributed by atoms with Crippen LogP contribution in [0.2, 0.25) is 0 Å². The molecule has 1 heterocycles. The standard InChI is InChI=1S/C20H37N5O2.HI/c1-5-12-27-20(10-8-7-9-11-20)16-23-18(21-6-2)22-15-19(3,26)17-13-24-25(4)14-17;/h13-14,26H,5-12,15-16H2,1-4H3,(H2,21,22,23);1H. The fourth-order valence-electron chi connectivity index (χ4n) is 3.50. The molecule has 1 unspecified atom stereocenters. The van der Waals surface area contributed by atoms with Gasteiger partial charge in [0.1, 0.15) is 5.60 Å². The summed E-state index contributed by atoms with van der Waals surface area (Å²) in [6.45, 7) is 8.53. The number of nitrogens with one attached hydrogen (secondary N) is 2. The van der Waals surface area contributed by atoms with Crippen LogP contribution in [0.15, 0.2) is 17.4 Å². The molecule has 0 radical (unpaired) electrons. The second-order valence-electron chi connectivity index (χ2n) is 7.82. The second kappa shape index (κ2) is 12.0. The lowest BCUT2D eigenvalue weighted by Crippen LogP contribution is -2.50. The van der Waals surface area contributed by atoms with Crippen molar-refractivity contribution in [2.45, 2.75) is 70.5 Å². The van der Waals surface area contributed by atoms with E-state index in [1.807, 2.05) is 20.2 Å². The van der Waals surface area contributed by atoms with Crippen LogP contribution in [0.5, 0.6) is 0 Å². The summed E-state index contributed by atoms with van der Waals surface area (Å²) in [5.74, 6) is 0.715. The third-order valence-corrected chi connectivity index (χ3v) is 5.17. The van der Waals surface area contributed by atoms with E-state index >= 15 is 0 Å². The zero-order chi connectivity index (χ0) is 19.8. The van der Waals surface area contributed by atoms with Gasteiger partial charge < -0.3 is 20.5 Å². The fraction of sp³-hybridized carbons (Fsp3) is 0.800. The maximum absolute atomic E-state index is 10.8. The second-order valence-corrected chi connectivity index (χ2v) is 7.82. The first-order chi connectivity index (χ1) is 12.9. The number of aromatic nitrogens is 2. The van der Waals surface area contributed by atoms with Crippen molar-refractivity contribution in [3.8, 4) is 0 Å². The monoisotopic (exact) mass is 507 g/mol. The van der Waals surface area contributed by atoms with Crippen molar-refractivity contribution in [2.75, 3.05) is 26.2 Å². The molecule has 1 saturated carbocycles. The van der Waals surface area contributed by atoms with Crippen LogP contribution in [-0.2, 0) is 17.4 Å². The molecule has 7 nitrogen and oxygen atoms in total. The van der Waals surface area contributed by atoms with Crippen LogP contribution >= 0.6 is 24.0 Å². The molecule has 28 heavy (non-hydrogen) atoms. The summed E-state index contributed by atoms with van der Waals surface area (Å²) in [6.07, 6.45) is 10.4. The first kappa shape index (κ1) is 25.2. The van der Waals surface area contributed by atoms with E-state index in [0.717, 1.165) is 44.5 Å². The summed E-state index contributed by atoms with van der Waals surface area (Å²) < 4.78 is 7.95. The van der Waals surface area contributed by atoms with Gasteiger partial charge in [-0.1, -0.05) is 26.2 Å². The largest absolute Gasteiger partial charge is 0.383 e. The minimum Gasteiger partial charge on any atom is -0.383 e. The van der Waals surface area contributed by atoms with Crippen molar-refractivity contribution < 1.29 is 9.84 Å². The maximum atomic E-state index is 10.8. The van der Waals surface area contributed by atoms with Gasteiger partial charge in [0, 0.05) is 38.5 Å². The molecule has 1 aromatic rings. The van der Waals surface area contributed by atoms with Gasteiger partial charge in [0.2, 0.25) is 0 Å². The smallest absolute Gasteiger partial charge is 0.191 e. The lowest BCUT2D eigenvalue weighted by molar-refractivity contribution is -0.0657. The highest BCUT2D eigenvalue weighted by molar-refractivity contribution is 14.0. The SMILES string of the molecule is CCCOC1(CNC(=NCC(C)(O)c2cnn(C)c2)NCC)CCCCC1.I. The van der Waals surface area contributed by atoms with Gasteiger partial charge >= 0.3 is 0 Å². The van der Waals surface area contributed by atoms with Gasteiger partial charge in [-0.3, -0.25) is 4.68 Å². The molecule has 2 rings (SSSR count). The van der Waals surface area contributed by atoms with E-state index in [0.29, 0.717) is 5.96 Å². The summed E-state index contributed by atoms with van der Waals surface area (Å²) in [7, 11) is 1.84. The first-order valence-electron chi connectivity index (χ1n) is 10.3. The van der Waals surface area contributed by atoms with Gasteiger partial charge in [-0.2, -0.15) is 5.10 Å². The molecule has 1 atom stereocenters. The molecule has 0 bridgehead atoms. The molecule has 0 saturated heterocycles. The number of aliphatic hydroxyl groups is 1. The lowest BCUT2D eigenvalue weighted by Gasteiger charge is -2.38. The van der Waals surface area contributed by atoms with Crippen molar-refractivity contribution in [1.29, 1.82) is 0 Å². The Labute approximate surface area is 186 Å². The quantitative estimate of drug-likeness (QED) is 0.272. The lowest BCUT2D eigenvalue weighted by atomic mass is 9.84. The van der Waals surface area contributed by atoms with E-state index in [9.17, 15) is 5.11 Å². The Bertz CT molecular complexity index is 597. The Balaban J connectivity index is 0.00000392. The number of hydrogen-bond donors (Lipinski definition) is 3. The third-order valence-electron chi connectivity index (χ3n) is 5.17. The third kappa shape index (κ3) is 7.51. The van der Waals surface area contributed by atoms with Gasteiger partial charge in [-0.15, -0.1) is 24.0 Å². The predicted octanol–water partition coefficient (Wildman–Crippen LogP) is 2.93. The van der Waals surface area contributed by atoms with Gasteiger partial charge in [0.25, 0.3) is 0 Å². The highest BCUT2D eigenvalue weighted by atomic mass is 127. The zero-order valence-corrected chi connectivity index (χ0v) is 20.2. The van der Waals surface area contributed by atoms with Crippen LogP contribution in [0, 0.1) is 0 Å². The van der Waals surface area contributed by atoms with Crippen LogP contribution < -0.4 is 10.6 Å². The molecule has 0 aromatic carbocycles. The van der Waals surface area contributed by atoms with Crippen molar-refractivity contribution in [1.82, 2.24) is 20.4 Å². The number of halogens is 1. The van der Waals surface area contributed by atoms with Crippen LogP contribution in [0.25, 0.3) is 0 Å². The summed E-state index contributed by atoms with van der Waals surface area (Å²) in [5, 5.41) is 21.6. The fourth-order valence-corrected chi connectivity index (χ4v) is 3.50. The molecule has 1 aliphatic carbocycles. The summed E-state index contributed by atoms with van der Waals surface area (Å²) >= 11 is 0. The summed E-state index contributed by atoms with van der Waals surface area (Å²) in [4.78, 5) is 4.62. The van der Waals surface area contributed by atoms with Gasteiger partial charge in [0.15, 0.2) is 5.96 Å². The van der Waals surface area contributed by atoms with Crippen molar-refractivity contribution in [3.05, 3.63) is 18.0 Å². The number of aryl methyl sites for hydroxylation is 1. The topological polar surface area (TPSA) is 83.7 Å². The molecule has 8 heteroatoms. The maximum Gasteiger partial charge on any atom is 0.191 e. The zero-order valence-electron chi connectivity index (χ0n) is 17.8.